The van der Waals surface area contributed by atoms with Crippen LogP contribution in [-0.4, -0.2) is 36.3 Å². The molecule has 0 spiro atoms. The number of urea groups is 1. The predicted octanol–water partition coefficient (Wildman–Crippen LogP) is 4.06. The first-order valence-corrected chi connectivity index (χ1v) is 10.1. The summed E-state index contributed by atoms with van der Waals surface area (Å²) in [6.45, 7) is 5.54. The Hall–Kier alpha value is -3.54. The van der Waals surface area contributed by atoms with Crippen LogP contribution in [-0.2, 0) is 11.3 Å². The molecule has 2 aromatic rings. The van der Waals surface area contributed by atoms with E-state index in [1.807, 2.05) is 35.2 Å². The molecule has 0 atom stereocenters. The minimum atomic E-state index is -0.0544. The van der Waals surface area contributed by atoms with E-state index in [4.69, 9.17) is 10.5 Å². The van der Waals surface area contributed by atoms with E-state index in [1.54, 1.807) is 6.08 Å². The molecule has 0 aromatic heterocycles. The van der Waals surface area contributed by atoms with Gasteiger partial charge in [0.05, 0.1) is 0 Å². The number of hydrogen-bond donors (Lipinski definition) is 2. The second-order valence-corrected chi connectivity index (χ2v) is 7.04. The summed E-state index contributed by atoms with van der Waals surface area (Å²) in [4.78, 5) is 18.5. The smallest absolute Gasteiger partial charge is 0.317 e. The maximum atomic E-state index is 12.6. The molecule has 6 heteroatoms. The van der Waals surface area contributed by atoms with E-state index in [-0.39, 0.29) is 12.1 Å². The SMILES string of the molecule is C=C(/N=C\C=C/N)OC1CCN(C(=O)NCc2ccccc2-c2ccccc2)CC1. The van der Waals surface area contributed by atoms with Crippen molar-refractivity contribution in [1.82, 2.24) is 10.2 Å². The van der Waals surface area contributed by atoms with E-state index in [1.165, 1.54) is 12.4 Å². The first kappa shape index (κ1) is 21.2. The Labute approximate surface area is 177 Å². The van der Waals surface area contributed by atoms with Crippen molar-refractivity contribution in [3.63, 3.8) is 0 Å². The van der Waals surface area contributed by atoms with E-state index >= 15 is 0 Å². The highest BCUT2D eigenvalue weighted by atomic mass is 16.5. The number of allylic oxidation sites excluding steroid dienone is 1. The maximum absolute atomic E-state index is 12.6. The molecular formula is C24H28N4O2. The van der Waals surface area contributed by atoms with Gasteiger partial charge in [0, 0.05) is 38.7 Å². The van der Waals surface area contributed by atoms with Gasteiger partial charge in [0.1, 0.15) is 6.10 Å². The standard InChI is InChI=1S/C24H28N4O2/c1-19(26-15-7-14-25)30-22-12-16-28(17-13-22)24(29)27-18-21-10-5-6-11-23(21)20-8-3-2-4-9-20/h2-11,14-15,22H,1,12-13,16-18,25H2,(H,27,29)/b14-7-,26-15-. The number of piperidine rings is 1. The molecule has 0 radical (unpaired) electrons. The molecule has 0 bridgehead atoms. The number of carbonyl (C=O) groups is 1. The number of aliphatic imine (C=N–C) groups is 1. The van der Waals surface area contributed by atoms with E-state index in [0.29, 0.717) is 25.5 Å². The number of likely N-dealkylation sites (tertiary alicyclic amines) is 1. The van der Waals surface area contributed by atoms with Crippen LogP contribution in [0.5, 0.6) is 0 Å². The largest absolute Gasteiger partial charge is 0.475 e. The molecule has 1 saturated heterocycles. The normalized spacial score (nSPS) is 14.9. The van der Waals surface area contributed by atoms with Crippen LogP contribution in [0.25, 0.3) is 11.1 Å². The number of nitrogens with two attached hydrogens (primary N) is 1. The lowest BCUT2D eigenvalue weighted by molar-refractivity contribution is 0.0598. The molecule has 156 valence electrons. The van der Waals surface area contributed by atoms with Gasteiger partial charge < -0.3 is 20.7 Å². The van der Waals surface area contributed by atoms with Crippen LogP contribution in [0.1, 0.15) is 18.4 Å². The molecule has 3 rings (SSSR count). The van der Waals surface area contributed by atoms with Crippen molar-refractivity contribution in [2.24, 2.45) is 10.7 Å². The molecule has 1 fully saturated rings. The zero-order valence-corrected chi connectivity index (χ0v) is 17.0. The number of benzene rings is 2. The second kappa shape index (κ2) is 10.9. The summed E-state index contributed by atoms with van der Waals surface area (Å²) in [5.41, 5.74) is 8.63. The minimum absolute atomic E-state index is 0.0133. The van der Waals surface area contributed by atoms with Crippen LogP contribution in [0.2, 0.25) is 0 Å². The van der Waals surface area contributed by atoms with Crippen molar-refractivity contribution in [2.45, 2.75) is 25.5 Å². The summed E-state index contributed by atoms with van der Waals surface area (Å²) >= 11 is 0. The second-order valence-electron chi connectivity index (χ2n) is 7.04. The summed E-state index contributed by atoms with van der Waals surface area (Å²) in [7, 11) is 0. The highest BCUT2D eigenvalue weighted by Gasteiger charge is 2.24. The predicted molar refractivity (Wildman–Crippen MR) is 121 cm³/mol. The van der Waals surface area contributed by atoms with E-state index in [2.05, 4.69) is 41.2 Å². The lowest BCUT2D eigenvalue weighted by atomic mass is 10.00. The molecule has 6 nitrogen and oxygen atoms in total. The molecule has 0 saturated carbocycles. The fourth-order valence-electron chi connectivity index (χ4n) is 3.43. The average Bonchev–Trinajstić information content (AvgIpc) is 2.79. The van der Waals surface area contributed by atoms with Crippen molar-refractivity contribution in [3.05, 3.63) is 84.9 Å². The van der Waals surface area contributed by atoms with Gasteiger partial charge >= 0.3 is 6.03 Å². The minimum Gasteiger partial charge on any atom is -0.475 e. The zero-order chi connectivity index (χ0) is 21.2. The highest BCUT2D eigenvalue weighted by molar-refractivity contribution is 5.75. The fourth-order valence-corrected chi connectivity index (χ4v) is 3.43. The Morgan fingerprint density at radius 3 is 2.60 bits per heavy atom. The average molecular weight is 405 g/mol. The Morgan fingerprint density at radius 1 is 1.17 bits per heavy atom. The van der Waals surface area contributed by atoms with Crippen molar-refractivity contribution in [3.8, 4) is 11.1 Å². The topological polar surface area (TPSA) is 80.0 Å². The molecule has 2 aromatic carbocycles. The number of ether oxygens (including phenoxy) is 1. The van der Waals surface area contributed by atoms with Gasteiger partial charge in [-0.2, -0.15) is 0 Å². The molecule has 2 amide bonds. The number of rotatable bonds is 7. The van der Waals surface area contributed by atoms with Gasteiger partial charge in [-0.3, -0.25) is 0 Å². The summed E-state index contributed by atoms with van der Waals surface area (Å²) in [6.07, 6.45) is 6.05. The molecule has 30 heavy (non-hydrogen) atoms. The Morgan fingerprint density at radius 2 is 1.87 bits per heavy atom. The lowest BCUT2D eigenvalue weighted by Crippen LogP contribution is -2.45. The van der Waals surface area contributed by atoms with Gasteiger partial charge in [-0.25, -0.2) is 9.79 Å². The highest BCUT2D eigenvalue weighted by Crippen LogP contribution is 2.23. The zero-order valence-electron chi connectivity index (χ0n) is 17.0. The summed E-state index contributed by atoms with van der Waals surface area (Å²) in [5, 5.41) is 3.05. The van der Waals surface area contributed by atoms with E-state index < -0.39 is 0 Å². The Bertz CT molecular complexity index is 900. The third kappa shape index (κ3) is 5.98. The van der Waals surface area contributed by atoms with Crippen LogP contribution in [0, 0.1) is 0 Å². The third-order valence-corrected chi connectivity index (χ3v) is 4.98. The summed E-state index contributed by atoms with van der Waals surface area (Å²) in [6, 6.07) is 18.3. The van der Waals surface area contributed by atoms with Crippen LogP contribution < -0.4 is 11.1 Å². The third-order valence-electron chi connectivity index (χ3n) is 4.98. The van der Waals surface area contributed by atoms with Gasteiger partial charge in [0.15, 0.2) is 0 Å². The summed E-state index contributed by atoms with van der Waals surface area (Å²) < 4.78 is 5.73. The van der Waals surface area contributed by atoms with Crippen LogP contribution >= 0.6 is 0 Å². The number of amides is 2. The molecule has 1 aliphatic heterocycles. The quantitative estimate of drug-likeness (QED) is 0.539. The molecule has 0 aliphatic carbocycles. The maximum Gasteiger partial charge on any atom is 0.317 e. The molecule has 0 unspecified atom stereocenters. The monoisotopic (exact) mass is 404 g/mol. The first-order chi connectivity index (χ1) is 14.7. The number of nitrogens with one attached hydrogen (secondary N) is 1. The van der Waals surface area contributed by atoms with Crippen LogP contribution in [0.3, 0.4) is 0 Å². The van der Waals surface area contributed by atoms with Gasteiger partial charge in [0.25, 0.3) is 0 Å². The number of hydrogen-bond acceptors (Lipinski definition) is 4. The van der Waals surface area contributed by atoms with Crippen LogP contribution in [0.4, 0.5) is 4.79 Å². The first-order valence-electron chi connectivity index (χ1n) is 10.1. The summed E-state index contributed by atoms with van der Waals surface area (Å²) in [5.74, 6) is 0.355. The van der Waals surface area contributed by atoms with Crippen molar-refractivity contribution in [1.29, 1.82) is 0 Å². The number of carbonyl (C=O) groups excluding carboxylic acids is 1. The van der Waals surface area contributed by atoms with E-state index in [9.17, 15) is 4.79 Å². The molecule has 3 N–H and O–H groups in total. The molecule has 1 heterocycles. The lowest BCUT2D eigenvalue weighted by Gasteiger charge is -2.32. The van der Waals surface area contributed by atoms with Crippen molar-refractivity contribution >= 4 is 12.2 Å². The molecular weight excluding hydrogens is 376 g/mol. The Kier molecular flexibility index (Phi) is 7.66. The van der Waals surface area contributed by atoms with E-state index in [0.717, 1.165) is 29.5 Å². The van der Waals surface area contributed by atoms with Gasteiger partial charge in [-0.15, -0.1) is 0 Å². The van der Waals surface area contributed by atoms with Gasteiger partial charge in [-0.05, 0) is 35.5 Å². The van der Waals surface area contributed by atoms with Crippen molar-refractivity contribution < 1.29 is 9.53 Å². The molecule has 1 aliphatic rings. The fraction of sp³-hybridized carbons (Fsp3) is 0.250. The van der Waals surface area contributed by atoms with Crippen molar-refractivity contribution in [2.75, 3.05) is 13.1 Å². The van der Waals surface area contributed by atoms with Gasteiger partial charge in [0.2, 0.25) is 5.88 Å². The number of nitrogens with zero attached hydrogens (tertiary/aromatic N) is 2. The Balaban J connectivity index is 1.49. The van der Waals surface area contributed by atoms with Crippen LogP contribution in [0.15, 0.2) is 84.3 Å². The van der Waals surface area contributed by atoms with Gasteiger partial charge in [-0.1, -0.05) is 54.6 Å².